The second kappa shape index (κ2) is 31.1. The smallest absolute Gasteiger partial charge is 0.378 e. The number of hydrogen-bond donors (Lipinski definition) is 0. The van der Waals surface area contributed by atoms with Crippen LogP contribution >= 0.6 is 0 Å². The van der Waals surface area contributed by atoms with Crippen LogP contribution in [0.2, 0.25) is 0 Å². The fourth-order valence-electron chi connectivity index (χ4n) is 7.50. The summed E-state index contributed by atoms with van der Waals surface area (Å²) >= 11 is 0. The Morgan fingerprint density at radius 3 is 1.18 bits per heavy atom. The van der Waals surface area contributed by atoms with Crippen molar-refractivity contribution in [3.63, 3.8) is 0 Å². The molecule has 1 saturated heterocycles. The quantitative estimate of drug-likeness (QED) is 0.0470. The Morgan fingerprint density at radius 2 is 0.843 bits per heavy atom. The highest BCUT2D eigenvalue weighted by Gasteiger charge is 2.48. The Bertz CT molecular complexity index is 854. The highest BCUT2D eigenvalue weighted by atomic mass is 16.8. The molecule has 0 aromatic carbocycles. The number of hydrogen-bond acceptors (Lipinski definition) is 6. The largest absolute Gasteiger partial charge is 0.490 e. The molecule has 2 heterocycles. The van der Waals surface area contributed by atoms with Crippen molar-refractivity contribution >= 4 is 5.97 Å². The molecule has 2 rings (SSSR count). The molecule has 0 unspecified atom stereocenters. The molecule has 0 N–H and O–H groups in total. The van der Waals surface area contributed by atoms with Gasteiger partial charge in [-0.05, 0) is 26.7 Å². The Balaban J connectivity index is 1.55. The van der Waals surface area contributed by atoms with Crippen LogP contribution < -0.4 is 0 Å². The molecule has 0 aliphatic carbocycles. The third-order valence-corrected chi connectivity index (χ3v) is 10.8. The zero-order chi connectivity index (χ0) is 36.7. The van der Waals surface area contributed by atoms with Crippen molar-refractivity contribution in [1.82, 2.24) is 0 Å². The van der Waals surface area contributed by atoms with Crippen LogP contribution in [0.5, 0.6) is 0 Å². The van der Waals surface area contributed by atoms with Gasteiger partial charge in [-0.1, -0.05) is 206 Å². The molecule has 2 aliphatic rings. The molecule has 0 aromatic rings. The summed E-state index contributed by atoms with van der Waals surface area (Å²) in [5.74, 6) is -0.394. The maximum Gasteiger partial charge on any atom is 0.378 e. The summed E-state index contributed by atoms with van der Waals surface area (Å²) in [6.07, 6.45) is 41.7. The molecule has 6 heteroatoms. The summed E-state index contributed by atoms with van der Waals surface area (Å²) in [4.78, 5) is 12.9. The first-order valence-corrected chi connectivity index (χ1v) is 22.5. The zero-order valence-electron chi connectivity index (χ0n) is 34.4. The molecular weight excluding hydrogens is 636 g/mol. The maximum absolute atomic E-state index is 12.9. The summed E-state index contributed by atoms with van der Waals surface area (Å²) in [6, 6.07) is 0. The summed E-state index contributed by atoms with van der Waals surface area (Å²) in [5.41, 5.74) is 0. The third kappa shape index (κ3) is 23.2. The van der Waals surface area contributed by atoms with Crippen LogP contribution in [-0.2, 0) is 28.5 Å². The van der Waals surface area contributed by atoms with Crippen LogP contribution in [0.3, 0.4) is 0 Å². The van der Waals surface area contributed by atoms with Gasteiger partial charge in [0.1, 0.15) is 6.10 Å². The first kappa shape index (κ1) is 45.9. The summed E-state index contributed by atoms with van der Waals surface area (Å²) in [5, 5.41) is 0. The van der Waals surface area contributed by atoms with Crippen molar-refractivity contribution in [1.29, 1.82) is 0 Å². The van der Waals surface area contributed by atoms with E-state index in [2.05, 4.69) is 13.8 Å². The molecule has 0 aromatic heterocycles. The number of unbranched alkanes of at least 4 members (excludes halogenated alkanes) is 30. The second-order valence-corrected chi connectivity index (χ2v) is 16.2. The SMILES string of the molecule is CCCCCCCCCCCCCCCCCCOC1=C(OCCCCCCCCCCCCCCCCCC)[C@@H]([C@@H]2COC(C)(C)O2)OC1=O. The fourth-order valence-corrected chi connectivity index (χ4v) is 7.50. The lowest BCUT2D eigenvalue weighted by Gasteiger charge is -2.22. The molecule has 2 atom stereocenters. The number of carbonyl (C=O) groups is 1. The molecule has 0 saturated carbocycles. The van der Waals surface area contributed by atoms with E-state index < -0.39 is 17.9 Å². The van der Waals surface area contributed by atoms with Crippen LogP contribution in [0.15, 0.2) is 11.5 Å². The van der Waals surface area contributed by atoms with Crippen molar-refractivity contribution in [2.75, 3.05) is 19.8 Å². The topological polar surface area (TPSA) is 63.2 Å². The first-order valence-electron chi connectivity index (χ1n) is 22.5. The Morgan fingerprint density at radius 1 is 0.510 bits per heavy atom. The maximum atomic E-state index is 12.9. The monoisotopic (exact) mass is 721 g/mol. The van der Waals surface area contributed by atoms with Crippen molar-refractivity contribution in [2.24, 2.45) is 0 Å². The molecule has 0 bridgehead atoms. The van der Waals surface area contributed by atoms with Crippen LogP contribution in [0.1, 0.15) is 233 Å². The zero-order valence-corrected chi connectivity index (χ0v) is 34.4. The van der Waals surface area contributed by atoms with Crippen molar-refractivity contribution in [3.8, 4) is 0 Å². The van der Waals surface area contributed by atoms with E-state index in [1.54, 1.807) is 0 Å². The van der Waals surface area contributed by atoms with Crippen molar-refractivity contribution in [3.05, 3.63) is 11.5 Å². The van der Waals surface area contributed by atoms with E-state index in [1.807, 2.05) is 13.8 Å². The third-order valence-electron chi connectivity index (χ3n) is 10.8. The molecule has 51 heavy (non-hydrogen) atoms. The van der Waals surface area contributed by atoms with E-state index in [0.717, 1.165) is 25.7 Å². The minimum Gasteiger partial charge on any atom is -0.490 e. The normalized spacial score (nSPS) is 18.5. The van der Waals surface area contributed by atoms with Gasteiger partial charge in [0.05, 0.1) is 19.8 Å². The highest BCUT2D eigenvalue weighted by Crippen LogP contribution is 2.34. The minimum atomic E-state index is -0.701. The van der Waals surface area contributed by atoms with Crippen LogP contribution in [0.25, 0.3) is 0 Å². The lowest BCUT2D eigenvalue weighted by Crippen LogP contribution is -2.33. The summed E-state index contributed by atoms with van der Waals surface area (Å²) in [6.45, 7) is 9.78. The number of ether oxygens (including phenoxy) is 5. The van der Waals surface area contributed by atoms with E-state index in [1.165, 1.54) is 180 Å². The average molecular weight is 721 g/mol. The van der Waals surface area contributed by atoms with Gasteiger partial charge in [-0.25, -0.2) is 4.79 Å². The van der Waals surface area contributed by atoms with Gasteiger partial charge in [-0.15, -0.1) is 0 Å². The fraction of sp³-hybridized carbons (Fsp3) is 0.933. The summed E-state index contributed by atoms with van der Waals surface area (Å²) in [7, 11) is 0. The Labute approximate surface area is 316 Å². The molecule has 0 amide bonds. The first-order chi connectivity index (χ1) is 25.0. The van der Waals surface area contributed by atoms with Crippen LogP contribution in [0.4, 0.5) is 0 Å². The van der Waals surface area contributed by atoms with Gasteiger partial charge in [0, 0.05) is 0 Å². The average Bonchev–Trinajstić information content (AvgIpc) is 3.64. The van der Waals surface area contributed by atoms with Gasteiger partial charge in [-0.2, -0.15) is 0 Å². The number of esters is 1. The Hall–Kier alpha value is -1.27. The van der Waals surface area contributed by atoms with Crippen molar-refractivity contribution in [2.45, 2.75) is 251 Å². The summed E-state index contributed by atoms with van der Waals surface area (Å²) < 4.78 is 29.9. The molecular formula is C45H84O6. The van der Waals surface area contributed by atoms with E-state index in [9.17, 15) is 4.79 Å². The number of carbonyl (C=O) groups excluding carboxylic acids is 1. The van der Waals surface area contributed by atoms with Gasteiger partial charge in [0.2, 0.25) is 5.76 Å². The predicted octanol–water partition coefficient (Wildman–Crippen LogP) is 13.8. The van der Waals surface area contributed by atoms with Gasteiger partial charge in [-0.3, -0.25) is 0 Å². The predicted molar refractivity (Wildman–Crippen MR) is 213 cm³/mol. The molecule has 0 spiro atoms. The minimum absolute atomic E-state index is 0.241. The lowest BCUT2D eigenvalue weighted by molar-refractivity contribution is -0.163. The molecule has 300 valence electrons. The van der Waals surface area contributed by atoms with Gasteiger partial charge < -0.3 is 23.7 Å². The van der Waals surface area contributed by atoms with Gasteiger partial charge in [0.15, 0.2) is 17.7 Å². The second-order valence-electron chi connectivity index (χ2n) is 16.2. The van der Waals surface area contributed by atoms with Gasteiger partial charge >= 0.3 is 5.97 Å². The Kier molecular flexibility index (Phi) is 28.0. The van der Waals surface area contributed by atoms with Crippen molar-refractivity contribution < 1.29 is 28.5 Å². The molecule has 0 radical (unpaired) electrons. The molecule has 6 nitrogen and oxygen atoms in total. The van der Waals surface area contributed by atoms with Crippen LogP contribution in [-0.4, -0.2) is 43.8 Å². The van der Waals surface area contributed by atoms with E-state index in [-0.39, 0.29) is 11.9 Å². The molecule has 2 aliphatic heterocycles. The van der Waals surface area contributed by atoms with E-state index >= 15 is 0 Å². The number of rotatable bonds is 37. The van der Waals surface area contributed by atoms with E-state index in [4.69, 9.17) is 23.7 Å². The van der Waals surface area contributed by atoms with Gasteiger partial charge in [0.25, 0.3) is 0 Å². The lowest BCUT2D eigenvalue weighted by atomic mass is 10.0. The molecule has 1 fully saturated rings. The van der Waals surface area contributed by atoms with E-state index in [0.29, 0.717) is 25.6 Å². The van der Waals surface area contributed by atoms with Crippen LogP contribution in [0, 0.1) is 0 Å². The standard InChI is InChI=1S/C45H84O6/c1-5-7-9-11-13-15-17-19-21-23-25-27-29-31-33-35-37-47-42-41(40-39-49-45(3,4)51-40)50-44(46)43(42)48-38-36-34-32-30-28-26-24-22-20-18-16-14-12-10-8-6-2/h40-41H,5-39H2,1-4H3/t40-,41+/m0/s1. The number of cyclic esters (lactones) is 1. The highest BCUT2D eigenvalue weighted by molar-refractivity contribution is 5.89.